The highest BCUT2D eigenvalue weighted by atomic mass is 32.1. The van der Waals surface area contributed by atoms with E-state index in [9.17, 15) is 70.2 Å². The van der Waals surface area contributed by atoms with E-state index in [-0.39, 0.29) is 23.3 Å². The molecule has 68 heavy (non-hydrogen) atoms. The number of nitrogens with one attached hydrogen (secondary N) is 8. The summed E-state index contributed by atoms with van der Waals surface area (Å²) in [6, 6.07) is -5.27. The summed E-state index contributed by atoms with van der Waals surface area (Å²) in [7, 11) is 0. The van der Waals surface area contributed by atoms with Crippen LogP contribution in [-0.2, 0) is 47.6 Å². The molecule has 4 aliphatic rings. The Balaban J connectivity index is 1.29. The molecule has 20 atom stereocenters. The maximum atomic E-state index is 12.2. The third-order valence-corrected chi connectivity index (χ3v) is 11.9. The second-order valence-electron chi connectivity index (χ2n) is 16.6. The lowest BCUT2D eigenvalue weighted by atomic mass is 9.94. The Kier molecular flexibility index (Phi) is 22.5. The lowest BCUT2D eigenvalue weighted by Gasteiger charge is -2.48. The summed E-state index contributed by atoms with van der Waals surface area (Å²) in [4.78, 5) is 48.3. The highest BCUT2D eigenvalue weighted by molar-refractivity contribution is 7.80. The number of amides is 4. The van der Waals surface area contributed by atoms with Crippen molar-refractivity contribution in [2.75, 3.05) is 39.5 Å². The van der Waals surface area contributed by atoms with Gasteiger partial charge in [0.2, 0.25) is 23.6 Å². The average Bonchev–Trinajstić information content (AvgIpc) is 3.27. The van der Waals surface area contributed by atoms with Crippen molar-refractivity contribution in [2.24, 2.45) is 0 Å². The van der Waals surface area contributed by atoms with E-state index in [2.05, 4.69) is 42.5 Å². The van der Waals surface area contributed by atoms with Crippen molar-refractivity contribution in [1.82, 2.24) is 42.5 Å². The van der Waals surface area contributed by atoms with Gasteiger partial charge in [-0.1, -0.05) is 0 Å². The molecule has 0 radical (unpaired) electrons. The lowest BCUT2D eigenvalue weighted by molar-refractivity contribution is -0.315. The van der Waals surface area contributed by atoms with Crippen molar-refractivity contribution in [3.63, 3.8) is 0 Å². The molecular weight excluding hydrogens is 953 g/mol. The zero-order valence-electron chi connectivity index (χ0n) is 37.6. The second kappa shape index (κ2) is 26.7. The third-order valence-electron chi connectivity index (χ3n) is 11.3. The molecule has 4 aliphatic heterocycles. The van der Waals surface area contributed by atoms with Gasteiger partial charge in [-0.15, -0.1) is 0 Å². The number of hydrogen-bond donors (Lipinski definition) is 18. The first-order valence-electron chi connectivity index (χ1n) is 21.8. The van der Waals surface area contributed by atoms with Gasteiger partial charge in [-0.25, -0.2) is 0 Å². The van der Waals surface area contributed by atoms with E-state index in [4.69, 9.17) is 52.9 Å². The van der Waals surface area contributed by atoms with E-state index in [1.165, 1.54) is 13.8 Å². The van der Waals surface area contributed by atoms with Crippen LogP contribution in [0, 0.1) is 0 Å². The number of thiocarbonyl (C=S) groups is 2. The Hall–Kier alpha value is -3.38. The van der Waals surface area contributed by atoms with Crippen LogP contribution in [-0.4, -0.2) is 247 Å². The van der Waals surface area contributed by atoms with Gasteiger partial charge in [0, 0.05) is 40.8 Å². The largest absolute Gasteiger partial charge is 0.394 e. The molecule has 0 aromatic carbocycles. The fraction of sp³-hybridized carbons (Fsp3) is 0.842. The van der Waals surface area contributed by atoms with Crippen molar-refractivity contribution in [2.45, 2.75) is 163 Å². The van der Waals surface area contributed by atoms with Crippen LogP contribution < -0.4 is 42.5 Å². The van der Waals surface area contributed by atoms with Crippen molar-refractivity contribution < 1.29 is 98.7 Å². The van der Waals surface area contributed by atoms with E-state index in [0.717, 1.165) is 13.8 Å². The standard InChI is InChI=1S/C38H66N8O20S2/c1-13(51)41-21-29(59)31(65-35-23(43-15(3)53)27(57)25(55)17(9-47)63-35)19(11-49)61-33(21)45-37(67)39-7-5-6-8-40-38(68)46-34-22(42-14(2)52)30(60)32(20(12-50)62-34)66-36-24(44-16(4)54)28(58)26(56)18(10-48)64-36/h17-36,47-50,55-60H,5-12H2,1-4H3,(H,41,51)(H,42,52)(H,43,53)(H,44,54)(H2,39,45,67)(H2,40,46,68)/t17-,18-,19-,20-,21-,22-,23-,24-,25+,26+,27-,28-,29-,30-,31-,32-,33-,34-,35+,36+/m1/s1. The smallest absolute Gasteiger partial charge is 0.217 e. The van der Waals surface area contributed by atoms with Crippen LogP contribution in [0.15, 0.2) is 0 Å². The lowest BCUT2D eigenvalue weighted by Crippen LogP contribution is -2.71. The molecule has 0 aromatic heterocycles. The van der Waals surface area contributed by atoms with Crippen LogP contribution in [0.4, 0.5) is 0 Å². The average molecular weight is 1020 g/mol. The normalized spacial score (nSPS) is 38.3. The number of hydrogen-bond acceptors (Lipinski definition) is 22. The number of rotatable bonds is 19. The Morgan fingerprint density at radius 1 is 0.441 bits per heavy atom. The maximum Gasteiger partial charge on any atom is 0.217 e. The van der Waals surface area contributed by atoms with Gasteiger partial charge in [0.05, 0.1) is 26.4 Å². The van der Waals surface area contributed by atoms with E-state index in [0.29, 0.717) is 12.8 Å². The van der Waals surface area contributed by atoms with Gasteiger partial charge in [-0.2, -0.15) is 0 Å². The van der Waals surface area contributed by atoms with Crippen molar-refractivity contribution in [1.29, 1.82) is 0 Å². The molecule has 4 fully saturated rings. The van der Waals surface area contributed by atoms with Crippen LogP contribution in [0.1, 0.15) is 40.5 Å². The molecule has 390 valence electrons. The number of aliphatic hydroxyl groups excluding tert-OH is 10. The summed E-state index contributed by atoms with van der Waals surface area (Å²) in [5, 5.41) is 127. The monoisotopic (exact) mass is 1020 g/mol. The van der Waals surface area contributed by atoms with Gasteiger partial charge in [0.25, 0.3) is 0 Å². The fourth-order valence-corrected chi connectivity index (χ4v) is 8.51. The first kappa shape index (κ1) is 57.2. The van der Waals surface area contributed by atoms with Crippen molar-refractivity contribution in [3.8, 4) is 0 Å². The molecule has 28 nitrogen and oxygen atoms in total. The van der Waals surface area contributed by atoms with Crippen LogP contribution in [0.25, 0.3) is 0 Å². The zero-order chi connectivity index (χ0) is 50.6. The maximum absolute atomic E-state index is 12.2. The van der Waals surface area contributed by atoms with Crippen molar-refractivity contribution in [3.05, 3.63) is 0 Å². The van der Waals surface area contributed by atoms with E-state index in [1.807, 2.05) is 0 Å². The van der Waals surface area contributed by atoms with Gasteiger partial charge in [0.1, 0.15) is 97.4 Å². The minimum atomic E-state index is -1.67. The molecule has 0 spiro atoms. The SMILES string of the molecule is CC(=O)N[C@@H]1[C@@H](O)[C@H](O[C@@H]2O[C@H](CO)[C@H](O)[C@H](O)[C@H]2NC(C)=O)[C@@H](CO)O[C@H]1NC(=S)NCCCCNC(=S)N[C@@H]1O[C@H](CO)[C@@H](O[C@@H]2O[C@H](CO)[C@H](O)[C@H](O)[C@H]2NC(C)=O)[C@H](O)[C@H]1NC(C)=O. The van der Waals surface area contributed by atoms with Crippen LogP contribution in [0.3, 0.4) is 0 Å². The van der Waals surface area contributed by atoms with Crippen molar-refractivity contribution >= 4 is 58.3 Å². The summed E-state index contributed by atoms with van der Waals surface area (Å²) >= 11 is 10.9. The molecule has 30 heteroatoms. The van der Waals surface area contributed by atoms with Crippen LogP contribution >= 0.6 is 24.4 Å². The molecule has 4 amide bonds. The van der Waals surface area contributed by atoms with Gasteiger partial charge >= 0.3 is 0 Å². The minimum Gasteiger partial charge on any atom is -0.394 e. The van der Waals surface area contributed by atoms with Crippen LogP contribution in [0.2, 0.25) is 0 Å². The van der Waals surface area contributed by atoms with Gasteiger partial charge in [0.15, 0.2) is 35.3 Å². The molecule has 0 bridgehead atoms. The molecular formula is C38H66N8O20S2. The summed E-state index contributed by atoms with van der Waals surface area (Å²) in [6.07, 6.45) is -22.6. The minimum absolute atomic E-state index is 0.0309. The number of carbonyl (C=O) groups is 4. The van der Waals surface area contributed by atoms with Gasteiger partial charge in [-0.05, 0) is 37.3 Å². The Morgan fingerprint density at radius 2 is 0.750 bits per heavy atom. The quantitative estimate of drug-likeness (QED) is 0.0422. The molecule has 0 aliphatic carbocycles. The highest BCUT2D eigenvalue weighted by Gasteiger charge is 2.53. The van der Waals surface area contributed by atoms with Crippen LogP contribution in [0.5, 0.6) is 0 Å². The van der Waals surface area contributed by atoms with E-state index < -0.39 is 173 Å². The Morgan fingerprint density at radius 3 is 1.04 bits per heavy atom. The third kappa shape index (κ3) is 15.1. The summed E-state index contributed by atoms with van der Waals surface area (Å²) in [5.74, 6) is -2.41. The topological polar surface area (TPSA) is 422 Å². The van der Waals surface area contributed by atoms with E-state index in [1.54, 1.807) is 0 Å². The summed E-state index contributed by atoms with van der Waals surface area (Å²) < 4.78 is 35.1. The first-order valence-corrected chi connectivity index (χ1v) is 22.6. The number of ether oxygens (including phenoxy) is 6. The van der Waals surface area contributed by atoms with E-state index >= 15 is 0 Å². The second-order valence-corrected chi connectivity index (χ2v) is 17.4. The number of unbranched alkanes of at least 4 members (excludes halogenated alkanes) is 1. The predicted octanol–water partition coefficient (Wildman–Crippen LogP) is -9.48. The summed E-state index contributed by atoms with van der Waals surface area (Å²) in [5.41, 5.74) is 0. The fourth-order valence-electron chi connectivity index (χ4n) is 8.07. The van der Waals surface area contributed by atoms with Gasteiger partial charge in [-0.3, -0.25) is 19.2 Å². The molecule has 4 saturated heterocycles. The number of carbonyl (C=O) groups excluding carboxylic acids is 4. The molecule has 4 rings (SSSR count). The zero-order valence-corrected chi connectivity index (χ0v) is 39.2. The molecule has 18 N–H and O–H groups in total. The highest BCUT2D eigenvalue weighted by Crippen LogP contribution is 2.31. The predicted molar refractivity (Wildman–Crippen MR) is 236 cm³/mol. The van der Waals surface area contributed by atoms with Gasteiger partial charge < -0.3 is 122 Å². The summed E-state index contributed by atoms with van der Waals surface area (Å²) in [6.45, 7) is 2.29. The number of aliphatic hydroxyl groups is 10. The Bertz CT molecular complexity index is 1580. The molecule has 0 saturated carbocycles. The Labute approximate surface area is 401 Å². The first-order chi connectivity index (χ1) is 32.1. The molecule has 0 unspecified atom stereocenters. The molecule has 0 aromatic rings. The molecule has 4 heterocycles.